The number of aliphatic hydroxyl groups excluding tert-OH is 1. The summed E-state index contributed by atoms with van der Waals surface area (Å²) in [7, 11) is 0. The van der Waals surface area contributed by atoms with Crippen LogP contribution in [0.15, 0.2) is 12.1 Å². The van der Waals surface area contributed by atoms with E-state index >= 15 is 0 Å². The molecule has 0 fully saturated rings. The van der Waals surface area contributed by atoms with Crippen LogP contribution in [0.4, 0.5) is 0 Å². The van der Waals surface area contributed by atoms with Crippen LogP contribution in [0.1, 0.15) is 62.8 Å². The monoisotopic (exact) mass is 248 g/mol. The van der Waals surface area contributed by atoms with Crippen LogP contribution in [0.2, 0.25) is 0 Å². The van der Waals surface area contributed by atoms with Gasteiger partial charge in [-0.2, -0.15) is 0 Å². The van der Waals surface area contributed by atoms with Gasteiger partial charge >= 0.3 is 0 Å². The maximum absolute atomic E-state index is 9.63. The van der Waals surface area contributed by atoms with E-state index in [1.165, 1.54) is 22.3 Å². The van der Waals surface area contributed by atoms with Gasteiger partial charge in [-0.3, -0.25) is 0 Å². The summed E-state index contributed by atoms with van der Waals surface area (Å²) in [6, 6.07) is 4.57. The van der Waals surface area contributed by atoms with Crippen LogP contribution >= 0.6 is 0 Å². The molecular weight excluding hydrogens is 220 g/mol. The fraction of sp³-hybridized carbons (Fsp3) is 0.647. The van der Waals surface area contributed by atoms with E-state index in [9.17, 15) is 5.11 Å². The highest BCUT2D eigenvalue weighted by Gasteiger charge is 2.22. The van der Waals surface area contributed by atoms with E-state index in [4.69, 9.17) is 0 Å². The molecule has 1 unspecified atom stereocenters. The molecule has 1 heteroatoms. The highest BCUT2D eigenvalue weighted by Crippen LogP contribution is 2.33. The Labute approximate surface area is 112 Å². The number of rotatable bonds is 3. The summed E-state index contributed by atoms with van der Waals surface area (Å²) in [6.45, 7) is 15.7. The molecule has 1 N–H and O–H groups in total. The van der Waals surface area contributed by atoms with Crippen molar-refractivity contribution in [2.24, 2.45) is 5.92 Å². The maximum Gasteiger partial charge on any atom is 0.0502 e. The molecule has 0 spiro atoms. The summed E-state index contributed by atoms with van der Waals surface area (Å²) >= 11 is 0. The van der Waals surface area contributed by atoms with E-state index < -0.39 is 0 Å². The Morgan fingerprint density at radius 2 is 1.50 bits per heavy atom. The molecule has 0 saturated carbocycles. The summed E-state index contributed by atoms with van der Waals surface area (Å²) in [6.07, 6.45) is 0. The van der Waals surface area contributed by atoms with Crippen molar-refractivity contribution in [1.82, 2.24) is 0 Å². The van der Waals surface area contributed by atoms with Crippen molar-refractivity contribution in [2.45, 2.75) is 59.8 Å². The van der Waals surface area contributed by atoms with Crippen LogP contribution < -0.4 is 0 Å². The normalized spacial score (nSPS) is 14.1. The molecule has 1 atom stereocenters. The van der Waals surface area contributed by atoms with E-state index in [0.29, 0.717) is 5.92 Å². The number of aliphatic hydroxyl groups is 1. The van der Waals surface area contributed by atoms with Crippen LogP contribution in [-0.4, -0.2) is 11.7 Å². The lowest BCUT2D eigenvalue weighted by atomic mass is 9.79. The molecule has 0 heterocycles. The fourth-order valence-electron chi connectivity index (χ4n) is 2.63. The second-order valence-corrected chi connectivity index (χ2v) is 6.81. The van der Waals surface area contributed by atoms with Crippen molar-refractivity contribution in [3.63, 3.8) is 0 Å². The summed E-state index contributed by atoms with van der Waals surface area (Å²) in [5, 5.41) is 9.63. The lowest BCUT2D eigenvalue weighted by Gasteiger charge is -2.27. The molecule has 0 aliphatic carbocycles. The van der Waals surface area contributed by atoms with E-state index in [1.807, 2.05) is 0 Å². The SMILES string of the molecule is Cc1cc(C(C)(C)C)cc(C)c1C(CO)C(C)C. The van der Waals surface area contributed by atoms with Gasteiger partial charge in [0.2, 0.25) is 0 Å². The zero-order chi connectivity index (χ0) is 14.1. The molecule has 0 saturated heterocycles. The zero-order valence-corrected chi connectivity index (χ0v) is 13.0. The van der Waals surface area contributed by atoms with Gasteiger partial charge in [0.05, 0.1) is 6.61 Å². The van der Waals surface area contributed by atoms with E-state index in [0.717, 1.165) is 0 Å². The molecule has 18 heavy (non-hydrogen) atoms. The number of hydrogen-bond donors (Lipinski definition) is 1. The fourth-order valence-corrected chi connectivity index (χ4v) is 2.63. The van der Waals surface area contributed by atoms with Crippen molar-refractivity contribution in [3.05, 3.63) is 34.4 Å². The van der Waals surface area contributed by atoms with Crippen LogP contribution in [0.25, 0.3) is 0 Å². The minimum Gasteiger partial charge on any atom is -0.396 e. The third kappa shape index (κ3) is 3.14. The van der Waals surface area contributed by atoms with Gasteiger partial charge < -0.3 is 5.11 Å². The molecule has 1 aromatic rings. The largest absolute Gasteiger partial charge is 0.396 e. The first-order valence-corrected chi connectivity index (χ1v) is 6.91. The predicted molar refractivity (Wildman–Crippen MR) is 79.3 cm³/mol. The first-order valence-electron chi connectivity index (χ1n) is 6.91. The molecular formula is C17H28O. The van der Waals surface area contributed by atoms with Gasteiger partial charge in [-0.1, -0.05) is 46.8 Å². The average Bonchev–Trinajstić information content (AvgIpc) is 2.20. The Morgan fingerprint density at radius 1 is 1.06 bits per heavy atom. The third-order valence-corrected chi connectivity index (χ3v) is 3.83. The molecule has 0 amide bonds. The van der Waals surface area contributed by atoms with Crippen molar-refractivity contribution in [1.29, 1.82) is 0 Å². The first kappa shape index (κ1) is 15.2. The number of benzene rings is 1. The van der Waals surface area contributed by atoms with E-state index in [2.05, 4.69) is 60.6 Å². The van der Waals surface area contributed by atoms with Gasteiger partial charge in [0.25, 0.3) is 0 Å². The number of hydrogen-bond acceptors (Lipinski definition) is 1. The summed E-state index contributed by atoms with van der Waals surface area (Å²) in [5.74, 6) is 0.715. The van der Waals surface area contributed by atoms with Gasteiger partial charge in [0.15, 0.2) is 0 Å². The van der Waals surface area contributed by atoms with Gasteiger partial charge in [0.1, 0.15) is 0 Å². The lowest BCUT2D eigenvalue weighted by molar-refractivity contribution is 0.236. The van der Waals surface area contributed by atoms with Crippen molar-refractivity contribution >= 4 is 0 Å². The Balaban J connectivity index is 3.32. The van der Waals surface area contributed by atoms with E-state index in [1.54, 1.807) is 0 Å². The first-order chi connectivity index (χ1) is 8.18. The highest BCUT2D eigenvalue weighted by atomic mass is 16.3. The van der Waals surface area contributed by atoms with Gasteiger partial charge in [-0.15, -0.1) is 0 Å². The average molecular weight is 248 g/mol. The minimum absolute atomic E-state index is 0.181. The molecule has 0 aliphatic rings. The quantitative estimate of drug-likeness (QED) is 0.844. The second-order valence-electron chi connectivity index (χ2n) is 6.81. The topological polar surface area (TPSA) is 20.2 Å². The van der Waals surface area contributed by atoms with Crippen LogP contribution in [-0.2, 0) is 5.41 Å². The lowest BCUT2D eigenvalue weighted by Crippen LogP contribution is -2.17. The molecule has 1 rings (SSSR count). The van der Waals surface area contributed by atoms with Crippen LogP contribution in [0.5, 0.6) is 0 Å². The second kappa shape index (κ2) is 5.44. The standard InChI is InChI=1S/C17H28O/c1-11(2)15(10-18)16-12(3)8-14(9-13(16)4)17(5,6)7/h8-9,11,15,18H,10H2,1-7H3. The highest BCUT2D eigenvalue weighted by molar-refractivity contribution is 5.42. The summed E-state index contributed by atoms with van der Waals surface area (Å²) in [5.41, 5.74) is 5.52. The Hall–Kier alpha value is -0.820. The summed E-state index contributed by atoms with van der Waals surface area (Å²) in [4.78, 5) is 0. The molecule has 102 valence electrons. The molecule has 0 aromatic heterocycles. The van der Waals surface area contributed by atoms with Gasteiger partial charge in [-0.05, 0) is 47.4 Å². The summed E-state index contributed by atoms with van der Waals surface area (Å²) < 4.78 is 0. The van der Waals surface area contributed by atoms with Gasteiger partial charge in [-0.25, -0.2) is 0 Å². The van der Waals surface area contributed by atoms with Crippen molar-refractivity contribution in [3.8, 4) is 0 Å². The Bertz CT molecular complexity index is 387. The maximum atomic E-state index is 9.63. The smallest absolute Gasteiger partial charge is 0.0502 e. The van der Waals surface area contributed by atoms with Crippen molar-refractivity contribution < 1.29 is 5.11 Å². The minimum atomic E-state index is 0.181. The molecule has 0 bridgehead atoms. The third-order valence-electron chi connectivity index (χ3n) is 3.83. The van der Waals surface area contributed by atoms with E-state index in [-0.39, 0.29) is 17.9 Å². The zero-order valence-electron chi connectivity index (χ0n) is 13.0. The molecule has 1 aromatic carbocycles. The Morgan fingerprint density at radius 3 is 1.78 bits per heavy atom. The molecule has 1 nitrogen and oxygen atoms in total. The Kier molecular flexibility index (Phi) is 4.61. The van der Waals surface area contributed by atoms with Crippen LogP contribution in [0, 0.1) is 19.8 Å². The van der Waals surface area contributed by atoms with Crippen LogP contribution in [0.3, 0.4) is 0 Å². The number of aryl methyl sites for hydroxylation is 2. The van der Waals surface area contributed by atoms with Gasteiger partial charge in [0, 0.05) is 5.92 Å². The predicted octanol–water partition coefficient (Wildman–Crippen LogP) is 4.33. The van der Waals surface area contributed by atoms with Crippen molar-refractivity contribution in [2.75, 3.05) is 6.61 Å². The molecule has 0 radical (unpaired) electrons. The molecule has 0 aliphatic heterocycles.